The Bertz CT molecular complexity index is 181. The maximum Gasteiger partial charge on any atom is -0.00622 e. The van der Waals surface area contributed by atoms with Crippen LogP contribution in [0.3, 0.4) is 0 Å². The van der Waals surface area contributed by atoms with Gasteiger partial charge in [-0.1, -0.05) is 30.4 Å². The van der Waals surface area contributed by atoms with Gasteiger partial charge >= 0.3 is 0 Å². The van der Waals surface area contributed by atoms with E-state index in [2.05, 4.69) is 0 Å². The Labute approximate surface area is 54.9 Å². The summed E-state index contributed by atoms with van der Waals surface area (Å²) in [5, 5.41) is 0. The molecule has 1 rings (SSSR count). The summed E-state index contributed by atoms with van der Waals surface area (Å²) in [6.07, 6.45) is 13.3. The van der Waals surface area contributed by atoms with Crippen LogP contribution >= 0.6 is 0 Å². The first-order valence-electron chi connectivity index (χ1n) is 2.87. The Hall–Kier alpha value is -1.24. The summed E-state index contributed by atoms with van der Waals surface area (Å²) >= 11 is 0. The number of nitrogens with two attached hydrogens (primary N) is 1. The van der Waals surface area contributed by atoms with Crippen LogP contribution in [0, 0.1) is 0 Å². The smallest absolute Gasteiger partial charge is 0.00622 e. The standard InChI is InChI=1S/C8H9N/c9-7-3-6-8-4-1-2-5-8/h1-7H,9H2/b7-3+. The summed E-state index contributed by atoms with van der Waals surface area (Å²) in [6.45, 7) is 0. The highest BCUT2D eigenvalue weighted by molar-refractivity contribution is 5.41. The Morgan fingerprint density at radius 1 is 1.22 bits per heavy atom. The van der Waals surface area contributed by atoms with Gasteiger partial charge < -0.3 is 5.73 Å². The molecule has 0 aliphatic heterocycles. The predicted molar refractivity (Wildman–Crippen MR) is 39.7 cm³/mol. The summed E-state index contributed by atoms with van der Waals surface area (Å²) in [4.78, 5) is 0. The van der Waals surface area contributed by atoms with Crippen LogP contribution in [-0.2, 0) is 0 Å². The molecule has 1 aliphatic carbocycles. The second-order valence-electron chi connectivity index (χ2n) is 1.77. The van der Waals surface area contributed by atoms with Gasteiger partial charge in [0.05, 0.1) is 0 Å². The lowest BCUT2D eigenvalue weighted by Crippen LogP contribution is -1.73. The third kappa shape index (κ3) is 1.61. The average molecular weight is 119 g/mol. The van der Waals surface area contributed by atoms with E-state index in [4.69, 9.17) is 5.73 Å². The van der Waals surface area contributed by atoms with E-state index in [-0.39, 0.29) is 0 Å². The maximum atomic E-state index is 5.13. The van der Waals surface area contributed by atoms with Gasteiger partial charge in [0.1, 0.15) is 0 Å². The highest BCUT2D eigenvalue weighted by Gasteiger charge is 1.85. The van der Waals surface area contributed by atoms with Crippen molar-refractivity contribution < 1.29 is 0 Å². The van der Waals surface area contributed by atoms with Crippen LogP contribution in [-0.4, -0.2) is 0 Å². The van der Waals surface area contributed by atoms with Crippen LogP contribution in [0.25, 0.3) is 0 Å². The van der Waals surface area contributed by atoms with E-state index in [1.54, 1.807) is 0 Å². The zero-order valence-electron chi connectivity index (χ0n) is 5.12. The quantitative estimate of drug-likeness (QED) is 0.556. The fourth-order valence-electron chi connectivity index (χ4n) is 0.667. The molecule has 46 valence electrons. The van der Waals surface area contributed by atoms with Gasteiger partial charge in [0.2, 0.25) is 0 Å². The van der Waals surface area contributed by atoms with E-state index in [1.165, 1.54) is 11.8 Å². The summed E-state index contributed by atoms with van der Waals surface area (Å²) in [5.41, 5.74) is 6.32. The molecule has 0 heterocycles. The monoisotopic (exact) mass is 119 g/mol. The van der Waals surface area contributed by atoms with Crippen molar-refractivity contribution in [3.63, 3.8) is 0 Å². The molecular weight excluding hydrogens is 110 g/mol. The summed E-state index contributed by atoms with van der Waals surface area (Å²) in [5.74, 6) is 0. The van der Waals surface area contributed by atoms with Crippen molar-refractivity contribution >= 4 is 0 Å². The summed E-state index contributed by atoms with van der Waals surface area (Å²) < 4.78 is 0. The molecule has 1 heteroatoms. The minimum absolute atomic E-state index is 1.19. The minimum atomic E-state index is 1.19. The molecule has 0 bridgehead atoms. The fraction of sp³-hybridized carbons (Fsp3) is 0. The molecule has 0 atom stereocenters. The van der Waals surface area contributed by atoms with Crippen molar-refractivity contribution in [2.45, 2.75) is 0 Å². The second-order valence-corrected chi connectivity index (χ2v) is 1.77. The normalized spacial score (nSPS) is 15.8. The molecule has 9 heavy (non-hydrogen) atoms. The zero-order valence-corrected chi connectivity index (χ0v) is 5.12. The molecular formula is C8H9N. The third-order valence-electron chi connectivity index (χ3n) is 1.09. The third-order valence-corrected chi connectivity index (χ3v) is 1.09. The first kappa shape index (κ1) is 5.89. The van der Waals surface area contributed by atoms with Gasteiger partial charge in [-0.05, 0) is 17.8 Å². The molecule has 0 unspecified atom stereocenters. The van der Waals surface area contributed by atoms with Crippen LogP contribution in [0.2, 0.25) is 0 Å². The van der Waals surface area contributed by atoms with E-state index in [0.717, 1.165) is 0 Å². The molecule has 2 N–H and O–H groups in total. The number of rotatable bonds is 1. The first-order valence-corrected chi connectivity index (χ1v) is 2.87. The molecule has 1 aliphatic rings. The van der Waals surface area contributed by atoms with Crippen molar-refractivity contribution in [2.24, 2.45) is 5.73 Å². The topological polar surface area (TPSA) is 26.0 Å². The van der Waals surface area contributed by atoms with E-state index in [1.807, 2.05) is 36.5 Å². The van der Waals surface area contributed by atoms with Crippen molar-refractivity contribution in [1.29, 1.82) is 0 Å². The fourth-order valence-corrected chi connectivity index (χ4v) is 0.667. The molecule has 0 aromatic rings. The van der Waals surface area contributed by atoms with Crippen LogP contribution in [0.15, 0.2) is 48.2 Å². The van der Waals surface area contributed by atoms with Gasteiger partial charge in [-0.2, -0.15) is 0 Å². The number of hydrogen-bond acceptors (Lipinski definition) is 1. The van der Waals surface area contributed by atoms with E-state index >= 15 is 0 Å². The lowest BCUT2D eigenvalue weighted by Gasteiger charge is -1.81. The van der Waals surface area contributed by atoms with E-state index in [0.29, 0.717) is 0 Å². The molecule has 0 saturated heterocycles. The van der Waals surface area contributed by atoms with Gasteiger partial charge in [0, 0.05) is 0 Å². The summed E-state index contributed by atoms with van der Waals surface area (Å²) in [7, 11) is 0. The van der Waals surface area contributed by atoms with Crippen molar-refractivity contribution in [3.8, 4) is 0 Å². The first-order chi connectivity index (χ1) is 4.43. The minimum Gasteiger partial charge on any atom is -0.405 e. The Morgan fingerprint density at radius 2 is 1.89 bits per heavy atom. The molecule has 0 aromatic carbocycles. The SMILES string of the molecule is N/C=C/C=C1C=CC=C1. The van der Waals surface area contributed by atoms with E-state index < -0.39 is 0 Å². The lowest BCUT2D eigenvalue weighted by atomic mass is 10.3. The highest BCUT2D eigenvalue weighted by atomic mass is 14.5. The van der Waals surface area contributed by atoms with Gasteiger partial charge in [-0.3, -0.25) is 0 Å². The second kappa shape index (κ2) is 2.92. The van der Waals surface area contributed by atoms with Gasteiger partial charge in [0.25, 0.3) is 0 Å². The van der Waals surface area contributed by atoms with Gasteiger partial charge in [0.15, 0.2) is 0 Å². The molecule has 0 spiro atoms. The number of hydrogen-bond donors (Lipinski definition) is 1. The Balaban J connectivity index is 2.62. The maximum absolute atomic E-state index is 5.13. The largest absolute Gasteiger partial charge is 0.405 e. The van der Waals surface area contributed by atoms with Crippen LogP contribution in [0.5, 0.6) is 0 Å². The van der Waals surface area contributed by atoms with Crippen LogP contribution < -0.4 is 5.73 Å². The van der Waals surface area contributed by atoms with Crippen LogP contribution in [0.4, 0.5) is 0 Å². The van der Waals surface area contributed by atoms with Gasteiger partial charge in [-0.15, -0.1) is 0 Å². The highest BCUT2D eigenvalue weighted by Crippen LogP contribution is 2.05. The van der Waals surface area contributed by atoms with Gasteiger partial charge in [-0.25, -0.2) is 0 Å². The van der Waals surface area contributed by atoms with Crippen molar-refractivity contribution in [1.82, 2.24) is 0 Å². The molecule has 0 amide bonds. The average Bonchev–Trinajstić information content (AvgIpc) is 2.34. The van der Waals surface area contributed by atoms with Crippen LogP contribution in [0.1, 0.15) is 0 Å². The molecule has 0 fully saturated rings. The van der Waals surface area contributed by atoms with Crippen molar-refractivity contribution in [2.75, 3.05) is 0 Å². The Morgan fingerprint density at radius 3 is 2.44 bits per heavy atom. The van der Waals surface area contributed by atoms with Crippen molar-refractivity contribution in [3.05, 3.63) is 48.2 Å². The molecule has 0 saturated carbocycles. The summed E-state index contributed by atoms with van der Waals surface area (Å²) in [6, 6.07) is 0. The lowest BCUT2D eigenvalue weighted by molar-refractivity contribution is 1.59. The number of allylic oxidation sites excluding steroid dienone is 7. The van der Waals surface area contributed by atoms with E-state index in [9.17, 15) is 0 Å². The Kier molecular flexibility index (Phi) is 1.91. The molecule has 1 nitrogen and oxygen atoms in total. The predicted octanol–water partition coefficient (Wildman–Crippen LogP) is 1.51. The zero-order chi connectivity index (χ0) is 6.53. The molecule has 0 radical (unpaired) electrons. The molecule has 0 aromatic heterocycles.